The van der Waals surface area contributed by atoms with Gasteiger partial charge in [0.05, 0.1) is 4.90 Å². The summed E-state index contributed by atoms with van der Waals surface area (Å²) in [5.74, 6) is -0.306. The van der Waals surface area contributed by atoms with Crippen molar-refractivity contribution in [2.45, 2.75) is 24.3 Å². The minimum absolute atomic E-state index is 0. The van der Waals surface area contributed by atoms with Crippen LogP contribution in [0.15, 0.2) is 27.6 Å². The lowest BCUT2D eigenvalue weighted by atomic mass is 10.1. The van der Waals surface area contributed by atoms with Crippen LogP contribution in [-0.2, 0) is 10.0 Å². The Morgan fingerprint density at radius 3 is 2.32 bits per heavy atom. The molecule has 0 aliphatic carbocycles. The number of amides is 1. The predicted octanol–water partition coefficient (Wildman–Crippen LogP) is 1.59. The van der Waals surface area contributed by atoms with E-state index in [2.05, 4.69) is 21.2 Å². The lowest BCUT2D eigenvalue weighted by Gasteiger charge is -2.24. The van der Waals surface area contributed by atoms with E-state index in [4.69, 9.17) is 5.73 Å². The summed E-state index contributed by atoms with van der Waals surface area (Å²) < 4.78 is 25.6. The van der Waals surface area contributed by atoms with Crippen molar-refractivity contribution in [3.8, 4) is 0 Å². The molecule has 0 fully saturated rings. The molecule has 0 saturated carbocycles. The largest absolute Gasteiger partial charge is 0.346 e. The smallest absolute Gasteiger partial charge is 0.251 e. The molecular formula is C13H21BrClN3O3S. The quantitative estimate of drug-likeness (QED) is 0.765. The van der Waals surface area contributed by atoms with Gasteiger partial charge in [0.1, 0.15) is 0 Å². The van der Waals surface area contributed by atoms with E-state index >= 15 is 0 Å². The maximum absolute atomic E-state index is 12.1. The van der Waals surface area contributed by atoms with Crippen molar-refractivity contribution in [1.29, 1.82) is 0 Å². The van der Waals surface area contributed by atoms with Gasteiger partial charge in [-0.05, 0) is 48.0 Å². The van der Waals surface area contributed by atoms with Crippen LogP contribution in [0.4, 0.5) is 0 Å². The minimum Gasteiger partial charge on any atom is -0.346 e. The van der Waals surface area contributed by atoms with Crippen LogP contribution in [0.1, 0.15) is 24.2 Å². The molecule has 0 aliphatic heterocycles. The van der Waals surface area contributed by atoms with E-state index < -0.39 is 15.6 Å². The summed E-state index contributed by atoms with van der Waals surface area (Å²) in [6.45, 7) is 3.92. The van der Waals surface area contributed by atoms with Crippen LogP contribution >= 0.6 is 28.3 Å². The van der Waals surface area contributed by atoms with Crippen molar-refractivity contribution < 1.29 is 13.2 Å². The standard InChI is InChI=1S/C13H20BrN3O3S.ClH/c1-13(2,8-15)16-12(18)9-5-6-11(10(14)7-9)21(19,20)17(3)4;/h5-7H,8,15H2,1-4H3,(H,16,18);1H. The Morgan fingerprint density at radius 2 is 1.91 bits per heavy atom. The molecule has 22 heavy (non-hydrogen) atoms. The van der Waals surface area contributed by atoms with E-state index in [1.165, 1.54) is 32.3 Å². The summed E-state index contributed by atoms with van der Waals surface area (Å²) >= 11 is 3.21. The van der Waals surface area contributed by atoms with E-state index in [0.717, 1.165) is 4.31 Å². The number of benzene rings is 1. The molecule has 1 aromatic carbocycles. The van der Waals surface area contributed by atoms with Crippen molar-refractivity contribution in [1.82, 2.24) is 9.62 Å². The van der Waals surface area contributed by atoms with Crippen molar-refractivity contribution in [2.24, 2.45) is 5.73 Å². The summed E-state index contributed by atoms with van der Waals surface area (Å²) in [5.41, 5.74) is 5.40. The average molecular weight is 415 g/mol. The van der Waals surface area contributed by atoms with Crippen molar-refractivity contribution in [2.75, 3.05) is 20.6 Å². The first-order chi connectivity index (χ1) is 9.51. The van der Waals surface area contributed by atoms with Crippen LogP contribution in [0.3, 0.4) is 0 Å². The number of carbonyl (C=O) groups is 1. The molecule has 0 spiro atoms. The molecule has 9 heteroatoms. The number of nitrogens with one attached hydrogen (secondary N) is 1. The van der Waals surface area contributed by atoms with Gasteiger partial charge in [-0.2, -0.15) is 0 Å². The number of hydrogen-bond acceptors (Lipinski definition) is 4. The fourth-order valence-corrected chi connectivity index (χ4v) is 3.41. The summed E-state index contributed by atoms with van der Waals surface area (Å²) in [4.78, 5) is 12.2. The van der Waals surface area contributed by atoms with Crippen LogP contribution in [0.2, 0.25) is 0 Å². The van der Waals surface area contributed by atoms with E-state index in [-0.39, 0.29) is 23.2 Å². The lowest BCUT2D eigenvalue weighted by molar-refractivity contribution is 0.0915. The van der Waals surface area contributed by atoms with Crippen LogP contribution in [0.5, 0.6) is 0 Å². The number of nitrogens with zero attached hydrogens (tertiary/aromatic N) is 1. The molecule has 0 unspecified atom stereocenters. The number of hydrogen-bond donors (Lipinski definition) is 2. The first-order valence-corrected chi connectivity index (χ1v) is 8.49. The van der Waals surface area contributed by atoms with Crippen molar-refractivity contribution in [3.63, 3.8) is 0 Å². The first kappa shape index (κ1) is 21.3. The Kier molecular flexibility index (Phi) is 7.50. The maximum Gasteiger partial charge on any atom is 0.251 e. The van der Waals surface area contributed by atoms with Crippen molar-refractivity contribution in [3.05, 3.63) is 28.2 Å². The molecule has 126 valence electrons. The van der Waals surface area contributed by atoms with E-state index in [0.29, 0.717) is 16.6 Å². The number of sulfonamides is 1. The minimum atomic E-state index is -3.56. The number of rotatable bonds is 5. The highest BCUT2D eigenvalue weighted by Crippen LogP contribution is 2.25. The molecule has 0 aliphatic rings. The molecule has 6 nitrogen and oxygen atoms in total. The van der Waals surface area contributed by atoms with Gasteiger partial charge in [-0.15, -0.1) is 12.4 Å². The second-order valence-corrected chi connectivity index (χ2v) is 8.45. The summed E-state index contributed by atoms with van der Waals surface area (Å²) in [6.07, 6.45) is 0. The molecule has 3 N–H and O–H groups in total. The Hall–Kier alpha value is -0.670. The molecule has 1 rings (SSSR count). The van der Waals surface area contributed by atoms with Gasteiger partial charge < -0.3 is 11.1 Å². The summed E-state index contributed by atoms with van der Waals surface area (Å²) in [7, 11) is -0.654. The first-order valence-electron chi connectivity index (χ1n) is 6.26. The van der Waals surface area contributed by atoms with Crippen LogP contribution in [-0.4, -0.2) is 44.8 Å². The van der Waals surface area contributed by atoms with E-state index in [9.17, 15) is 13.2 Å². The van der Waals surface area contributed by atoms with Gasteiger partial charge in [-0.1, -0.05) is 0 Å². The lowest BCUT2D eigenvalue weighted by Crippen LogP contribution is -2.48. The zero-order valence-electron chi connectivity index (χ0n) is 12.9. The normalized spacial score (nSPS) is 12.0. The van der Waals surface area contributed by atoms with Crippen LogP contribution < -0.4 is 11.1 Å². The second-order valence-electron chi connectivity index (χ2n) is 5.47. The molecule has 0 saturated heterocycles. The van der Waals surface area contributed by atoms with Gasteiger partial charge in [0.15, 0.2) is 0 Å². The molecule has 0 bridgehead atoms. The summed E-state index contributed by atoms with van der Waals surface area (Å²) in [6, 6.07) is 4.37. The highest BCUT2D eigenvalue weighted by atomic mass is 79.9. The molecule has 0 aromatic heterocycles. The van der Waals surface area contributed by atoms with E-state index in [1.807, 2.05) is 13.8 Å². The maximum atomic E-state index is 12.1. The fraction of sp³-hybridized carbons (Fsp3) is 0.462. The second kappa shape index (κ2) is 7.74. The topological polar surface area (TPSA) is 92.5 Å². The Morgan fingerprint density at radius 1 is 1.36 bits per heavy atom. The Labute approximate surface area is 146 Å². The highest BCUT2D eigenvalue weighted by molar-refractivity contribution is 9.10. The number of carbonyl (C=O) groups excluding carboxylic acids is 1. The predicted molar refractivity (Wildman–Crippen MR) is 92.9 cm³/mol. The third-order valence-electron chi connectivity index (χ3n) is 2.91. The average Bonchev–Trinajstić information content (AvgIpc) is 2.37. The van der Waals surface area contributed by atoms with Crippen LogP contribution in [0.25, 0.3) is 0 Å². The van der Waals surface area contributed by atoms with Gasteiger partial charge >= 0.3 is 0 Å². The molecular weight excluding hydrogens is 394 g/mol. The number of halogens is 2. The zero-order valence-corrected chi connectivity index (χ0v) is 16.1. The zero-order chi connectivity index (χ0) is 16.4. The highest BCUT2D eigenvalue weighted by Gasteiger charge is 2.23. The van der Waals surface area contributed by atoms with Gasteiger partial charge in [-0.25, -0.2) is 12.7 Å². The van der Waals surface area contributed by atoms with Crippen molar-refractivity contribution >= 4 is 44.3 Å². The molecule has 0 atom stereocenters. The van der Waals surface area contributed by atoms with Gasteiger partial charge in [0.2, 0.25) is 10.0 Å². The monoisotopic (exact) mass is 413 g/mol. The van der Waals surface area contributed by atoms with E-state index in [1.54, 1.807) is 0 Å². The number of nitrogens with two attached hydrogens (primary N) is 1. The van der Waals surface area contributed by atoms with Crippen LogP contribution in [0, 0.1) is 0 Å². The Bertz CT molecular complexity index is 648. The Balaban J connectivity index is 0.00000441. The third kappa shape index (κ3) is 4.92. The molecule has 1 aromatic rings. The summed E-state index contributed by atoms with van der Waals surface area (Å²) in [5, 5.41) is 2.79. The van der Waals surface area contributed by atoms with Gasteiger partial charge in [0, 0.05) is 36.2 Å². The fourth-order valence-electron chi connectivity index (χ4n) is 1.48. The van der Waals surface area contributed by atoms with Gasteiger partial charge in [-0.3, -0.25) is 4.79 Å². The molecule has 0 heterocycles. The van der Waals surface area contributed by atoms with Gasteiger partial charge in [0.25, 0.3) is 5.91 Å². The SMILES string of the molecule is CN(C)S(=O)(=O)c1ccc(C(=O)NC(C)(C)CN)cc1Br.Cl. The molecule has 0 radical (unpaired) electrons. The molecule has 1 amide bonds. The third-order valence-corrected chi connectivity index (χ3v) is 5.71.